The summed E-state index contributed by atoms with van der Waals surface area (Å²) in [5, 5.41) is 9.85. The van der Waals surface area contributed by atoms with E-state index in [1.165, 1.54) is 0 Å². The Bertz CT molecular complexity index is 797. The molecular formula is C12H11BrN2O4S. The molecule has 0 unspecified atom stereocenters. The SMILES string of the molecule is CS(=O)(=O)Cc1nc(O)c(-c2ccc(Br)cc2)c(=O)[nH]1. The maximum Gasteiger partial charge on any atom is 0.262 e. The second-order valence-corrected chi connectivity index (χ2v) is 7.34. The molecule has 1 aromatic carbocycles. The highest BCUT2D eigenvalue weighted by atomic mass is 79.9. The zero-order valence-electron chi connectivity index (χ0n) is 10.4. The molecule has 106 valence electrons. The van der Waals surface area contributed by atoms with Gasteiger partial charge in [0.25, 0.3) is 5.56 Å². The Hall–Kier alpha value is -1.67. The van der Waals surface area contributed by atoms with Crippen molar-refractivity contribution in [2.75, 3.05) is 6.26 Å². The summed E-state index contributed by atoms with van der Waals surface area (Å²) in [6, 6.07) is 6.73. The van der Waals surface area contributed by atoms with Crippen LogP contribution in [0.3, 0.4) is 0 Å². The molecule has 0 aliphatic rings. The van der Waals surface area contributed by atoms with Gasteiger partial charge in [0.05, 0.1) is 0 Å². The van der Waals surface area contributed by atoms with Gasteiger partial charge in [-0.15, -0.1) is 0 Å². The van der Waals surface area contributed by atoms with E-state index in [1.807, 2.05) is 0 Å². The molecule has 0 radical (unpaired) electrons. The highest BCUT2D eigenvalue weighted by Crippen LogP contribution is 2.24. The number of halogens is 1. The molecule has 6 nitrogen and oxygen atoms in total. The minimum atomic E-state index is -3.34. The van der Waals surface area contributed by atoms with E-state index in [1.54, 1.807) is 24.3 Å². The van der Waals surface area contributed by atoms with Gasteiger partial charge in [0.2, 0.25) is 5.88 Å². The fourth-order valence-corrected chi connectivity index (χ4v) is 2.60. The Morgan fingerprint density at radius 1 is 1.30 bits per heavy atom. The lowest BCUT2D eigenvalue weighted by Crippen LogP contribution is -2.16. The minimum absolute atomic E-state index is 0.00903. The fraction of sp³-hybridized carbons (Fsp3) is 0.167. The number of nitrogens with zero attached hydrogens (tertiary/aromatic N) is 1. The molecule has 0 atom stereocenters. The molecule has 1 aromatic heterocycles. The Morgan fingerprint density at radius 2 is 1.90 bits per heavy atom. The van der Waals surface area contributed by atoms with E-state index in [9.17, 15) is 18.3 Å². The standard InChI is InChI=1S/C12H11BrN2O4S/c1-20(18,19)6-9-14-11(16)10(12(17)15-9)7-2-4-8(13)5-3-7/h2-5H,6H2,1H3,(H2,14,15,16,17). The van der Waals surface area contributed by atoms with Crippen LogP contribution in [-0.2, 0) is 15.6 Å². The topological polar surface area (TPSA) is 100 Å². The van der Waals surface area contributed by atoms with Crippen molar-refractivity contribution in [2.24, 2.45) is 0 Å². The lowest BCUT2D eigenvalue weighted by molar-refractivity contribution is 0.451. The maximum absolute atomic E-state index is 12.0. The first-order chi connectivity index (χ1) is 9.26. The Morgan fingerprint density at radius 3 is 2.40 bits per heavy atom. The molecular weight excluding hydrogens is 348 g/mol. The molecule has 2 N–H and O–H groups in total. The minimum Gasteiger partial charge on any atom is -0.493 e. The van der Waals surface area contributed by atoms with Crippen LogP contribution in [-0.4, -0.2) is 29.7 Å². The van der Waals surface area contributed by atoms with Crippen LogP contribution in [0.1, 0.15) is 5.82 Å². The number of rotatable bonds is 3. The molecule has 1 heterocycles. The van der Waals surface area contributed by atoms with Crippen molar-refractivity contribution >= 4 is 25.8 Å². The molecule has 0 aliphatic heterocycles. The van der Waals surface area contributed by atoms with Gasteiger partial charge in [-0.2, -0.15) is 4.98 Å². The van der Waals surface area contributed by atoms with Gasteiger partial charge in [-0.3, -0.25) is 4.79 Å². The molecule has 0 fully saturated rings. The molecule has 2 rings (SSSR count). The van der Waals surface area contributed by atoms with Crippen molar-refractivity contribution in [3.8, 4) is 17.0 Å². The van der Waals surface area contributed by atoms with E-state index in [-0.39, 0.29) is 11.4 Å². The number of aromatic amines is 1. The number of aromatic hydroxyl groups is 1. The molecule has 2 aromatic rings. The van der Waals surface area contributed by atoms with E-state index < -0.39 is 27.0 Å². The average molecular weight is 359 g/mol. The van der Waals surface area contributed by atoms with E-state index in [0.717, 1.165) is 10.7 Å². The summed E-state index contributed by atoms with van der Waals surface area (Å²) in [5.41, 5.74) is -0.0846. The third-order valence-corrected chi connectivity index (χ3v) is 3.81. The van der Waals surface area contributed by atoms with E-state index in [2.05, 4.69) is 25.9 Å². The first-order valence-electron chi connectivity index (χ1n) is 5.52. The van der Waals surface area contributed by atoms with Crippen LogP contribution in [0.25, 0.3) is 11.1 Å². The predicted octanol–water partition coefficient (Wildman–Crippen LogP) is 1.45. The molecule has 0 aliphatic carbocycles. The van der Waals surface area contributed by atoms with Crippen molar-refractivity contribution in [3.63, 3.8) is 0 Å². The number of hydrogen-bond acceptors (Lipinski definition) is 5. The molecule has 0 saturated heterocycles. The van der Waals surface area contributed by atoms with Gasteiger partial charge in [0.15, 0.2) is 9.84 Å². The summed E-state index contributed by atoms with van der Waals surface area (Å²) >= 11 is 3.27. The number of aromatic nitrogens is 2. The molecule has 0 spiro atoms. The Balaban J connectivity index is 2.52. The molecule has 0 amide bonds. The smallest absolute Gasteiger partial charge is 0.262 e. The summed E-state index contributed by atoms with van der Waals surface area (Å²) in [6.07, 6.45) is 1.02. The third kappa shape index (κ3) is 3.45. The average Bonchev–Trinajstić information content (AvgIpc) is 2.28. The van der Waals surface area contributed by atoms with Crippen molar-refractivity contribution in [2.45, 2.75) is 5.75 Å². The summed E-state index contributed by atoms with van der Waals surface area (Å²) < 4.78 is 23.2. The molecule has 8 heteroatoms. The van der Waals surface area contributed by atoms with Gasteiger partial charge >= 0.3 is 0 Å². The molecule has 0 bridgehead atoms. The van der Waals surface area contributed by atoms with Crippen LogP contribution in [0.15, 0.2) is 33.5 Å². The molecule has 0 saturated carbocycles. The third-order valence-electron chi connectivity index (χ3n) is 2.48. The lowest BCUT2D eigenvalue weighted by Gasteiger charge is -2.05. The van der Waals surface area contributed by atoms with Crippen LogP contribution in [0.2, 0.25) is 0 Å². The van der Waals surface area contributed by atoms with Crippen LogP contribution in [0.4, 0.5) is 0 Å². The number of H-pyrrole nitrogens is 1. The number of benzene rings is 1. The van der Waals surface area contributed by atoms with E-state index in [4.69, 9.17) is 0 Å². The molecule has 20 heavy (non-hydrogen) atoms. The van der Waals surface area contributed by atoms with E-state index in [0.29, 0.717) is 5.56 Å². The summed E-state index contributed by atoms with van der Waals surface area (Å²) in [5.74, 6) is -1.01. The summed E-state index contributed by atoms with van der Waals surface area (Å²) in [6.45, 7) is 0. The number of nitrogens with one attached hydrogen (secondary N) is 1. The van der Waals surface area contributed by atoms with Gasteiger partial charge < -0.3 is 10.1 Å². The van der Waals surface area contributed by atoms with Crippen molar-refractivity contribution in [1.82, 2.24) is 9.97 Å². The lowest BCUT2D eigenvalue weighted by atomic mass is 10.1. The predicted molar refractivity (Wildman–Crippen MR) is 78.2 cm³/mol. The van der Waals surface area contributed by atoms with Crippen LogP contribution in [0, 0.1) is 0 Å². The normalized spacial score (nSPS) is 11.5. The van der Waals surface area contributed by atoms with Gasteiger partial charge in [-0.25, -0.2) is 8.42 Å². The van der Waals surface area contributed by atoms with Gasteiger partial charge in [0, 0.05) is 10.7 Å². The Labute approximate surface area is 123 Å². The van der Waals surface area contributed by atoms with Crippen molar-refractivity contribution in [3.05, 3.63) is 44.9 Å². The monoisotopic (exact) mass is 358 g/mol. The zero-order chi connectivity index (χ0) is 14.9. The van der Waals surface area contributed by atoms with Gasteiger partial charge in [-0.05, 0) is 17.7 Å². The first kappa shape index (κ1) is 14.7. The Kier molecular flexibility index (Phi) is 3.96. The van der Waals surface area contributed by atoms with Crippen molar-refractivity contribution in [1.29, 1.82) is 0 Å². The number of sulfone groups is 1. The van der Waals surface area contributed by atoms with Crippen LogP contribution in [0.5, 0.6) is 5.88 Å². The largest absolute Gasteiger partial charge is 0.493 e. The highest BCUT2D eigenvalue weighted by Gasteiger charge is 2.15. The van der Waals surface area contributed by atoms with Crippen LogP contribution < -0.4 is 5.56 Å². The zero-order valence-corrected chi connectivity index (χ0v) is 12.8. The van der Waals surface area contributed by atoms with Gasteiger partial charge in [-0.1, -0.05) is 28.1 Å². The second-order valence-electron chi connectivity index (χ2n) is 4.29. The van der Waals surface area contributed by atoms with Crippen LogP contribution >= 0.6 is 15.9 Å². The first-order valence-corrected chi connectivity index (χ1v) is 8.37. The second kappa shape index (κ2) is 5.37. The fourth-order valence-electron chi connectivity index (χ4n) is 1.70. The van der Waals surface area contributed by atoms with Crippen molar-refractivity contribution < 1.29 is 13.5 Å². The van der Waals surface area contributed by atoms with E-state index >= 15 is 0 Å². The highest BCUT2D eigenvalue weighted by molar-refractivity contribution is 9.10. The summed E-state index contributed by atoms with van der Waals surface area (Å²) in [4.78, 5) is 18.1. The van der Waals surface area contributed by atoms with Gasteiger partial charge in [0.1, 0.15) is 17.1 Å². The maximum atomic E-state index is 12.0. The quantitative estimate of drug-likeness (QED) is 0.864. The summed E-state index contributed by atoms with van der Waals surface area (Å²) in [7, 11) is -3.34. The number of hydrogen-bond donors (Lipinski definition) is 2.